The van der Waals surface area contributed by atoms with Crippen LogP contribution in [0, 0.1) is 0 Å². The van der Waals surface area contributed by atoms with Crippen LogP contribution in [-0.4, -0.2) is 28.2 Å². The molecule has 0 amide bonds. The summed E-state index contributed by atoms with van der Waals surface area (Å²) >= 11 is 6.34. The number of oxime groups is 1. The van der Waals surface area contributed by atoms with Gasteiger partial charge >= 0.3 is 51.4 Å². The molecule has 1 aromatic carbocycles. The number of halogens is 1. The van der Waals surface area contributed by atoms with Crippen molar-refractivity contribution in [3.8, 4) is 0 Å². The third-order valence-corrected chi connectivity index (χ3v) is 5.53. The Bertz CT molecular complexity index is 968. The smallest absolute Gasteiger partial charge is 0.714 e. The van der Waals surface area contributed by atoms with Gasteiger partial charge < -0.3 is 9.12 Å². The van der Waals surface area contributed by atoms with Crippen molar-refractivity contribution in [2.75, 3.05) is 0 Å². The van der Waals surface area contributed by atoms with Crippen LogP contribution >= 0.6 is 11.6 Å². The maximum atomic E-state index is 10.7. The van der Waals surface area contributed by atoms with Crippen LogP contribution in [0.1, 0.15) is 55.8 Å². The normalized spacial score (nSPS) is 19.5. The van der Waals surface area contributed by atoms with Crippen molar-refractivity contribution in [2.24, 2.45) is 5.16 Å². The van der Waals surface area contributed by atoms with Gasteiger partial charge in [-0.25, -0.2) is 4.98 Å². The maximum Gasteiger partial charge on any atom is 1.00 e. The molecule has 26 heavy (non-hydrogen) atoms. The van der Waals surface area contributed by atoms with Gasteiger partial charge in [-0.05, 0) is 25.0 Å². The van der Waals surface area contributed by atoms with Gasteiger partial charge in [0.1, 0.15) is 11.3 Å². The summed E-state index contributed by atoms with van der Waals surface area (Å²) in [7, 11) is -4.88. The third kappa shape index (κ3) is 4.05. The first-order valence-corrected chi connectivity index (χ1v) is 10.1. The molecule has 2 aliphatic rings. The molecule has 1 fully saturated rings. The molecule has 1 aliphatic heterocycles. The van der Waals surface area contributed by atoms with E-state index in [0.717, 1.165) is 24.2 Å². The molecule has 10 heteroatoms. The van der Waals surface area contributed by atoms with Crippen molar-refractivity contribution in [1.82, 2.24) is 9.55 Å². The van der Waals surface area contributed by atoms with Crippen LogP contribution in [0.4, 0.5) is 0 Å². The summed E-state index contributed by atoms with van der Waals surface area (Å²) in [4.78, 5) is 4.81. The van der Waals surface area contributed by atoms with E-state index in [-0.39, 0.29) is 51.4 Å². The summed E-state index contributed by atoms with van der Waals surface area (Å²) in [5.74, 6) is 1.46. The number of benzene rings is 1. The quantitative estimate of drug-likeness (QED) is 0.308. The molecule has 0 unspecified atom stereocenters. The van der Waals surface area contributed by atoms with E-state index in [0.29, 0.717) is 40.7 Å². The van der Waals surface area contributed by atoms with Crippen molar-refractivity contribution < 1.29 is 68.6 Å². The number of aromatic nitrogens is 2. The zero-order valence-electron chi connectivity index (χ0n) is 14.4. The number of hydrogen-bond donors (Lipinski definition) is 0. The molecule has 1 aromatic heterocycles. The van der Waals surface area contributed by atoms with Crippen LogP contribution < -0.4 is 51.4 Å². The zero-order valence-corrected chi connectivity index (χ0v) is 19.1. The van der Waals surface area contributed by atoms with E-state index < -0.39 is 10.4 Å². The SMILES string of the molecule is O=S(=O)([O-])O/N=C1/CCn2c(C3CCCCC3)nc3c(Cl)ccc1c32.[K+]. The van der Waals surface area contributed by atoms with Crippen molar-refractivity contribution in [3.63, 3.8) is 0 Å². The molecule has 1 saturated carbocycles. The van der Waals surface area contributed by atoms with Gasteiger partial charge in [-0.3, -0.25) is 4.28 Å². The van der Waals surface area contributed by atoms with Crippen molar-refractivity contribution >= 4 is 38.7 Å². The number of rotatable bonds is 3. The average Bonchev–Trinajstić information content (AvgIpc) is 2.98. The van der Waals surface area contributed by atoms with Gasteiger partial charge in [-0.1, -0.05) is 36.0 Å². The van der Waals surface area contributed by atoms with E-state index in [1.807, 2.05) is 0 Å². The van der Waals surface area contributed by atoms with Gasteiger partial charge in [0.2, 0.25) is 0 Å². The third-order valence-electron chi connectivity index (χ3n) is 4.97. The van der Waals surface area contributed by atoms with Crippen LogP contribution in [0.25, 0.3) is 11.0 Å². The Kier molecular flexibility index (Phi) is 6.50. The Morgan fingerprint density at radius 1 is 1.27 bits per heavy atom. The maximum absolute atomic E-state index is 10.7. The second-order valence-electron chi connectivity index (χ2n) is 6.52. The number of imidazole rings is 1. The molecular formula is C16H17ClKN3O4S. The minimum Gasteiger partial charge on any atom is -0.714 e. The molecule has 0 N–H and O–H groups in total. The van der Waals surface area contributed by atoms with Crippen LogP contribution in [-0.2, 0) is 21.2 Å². The summed E-state index contributed by atoms with van der Waals surface area (Å²) in [6.45, 7) is 0.608. The van der Waals surface area contributed by atoms with Crippen molar-refractivity contribution in [2.45, 2.75) is 51.0 Å². The molecule has 0 saturated heterocycles. The topological polar surface area (TPSA) is 96.6 Å². The number of aryl methyl sites for hydroxylation is 1. The van der Waals surface area contributed by atoms with Crippen molar-refractivity contribution in [1.29, 1.82) is 0 Å². The molecule has 0 atom stereocenters. The molecule has 2 aromatic rings. The second-order valence-corrected chi connectivity index (χ2v) is 7.89. The van der Waals surface area contributed by atoms with E-state index >= 15 is 0 Å². The average molecular weight is 422 g/mol. The van der Waals surface area contributed by atoms with Crippen molar-refractivity contribution in [3.05, 3.63) is 28.5 Å². The molecule has 4 rings (SSSR count). The summed E-state index contributed by atoms with van der Waals surface area (Å²) in [6, 6.07) is 3.49. The molecule has 0 bridgehead atoms. The Balaban J connectivity index is 0.00000196. The van der Waals surface area contributed by atoms with Gasteiger partial charge in [0.15, 0.2) is 0 Å². The van der Waals surface area contributed by atoms with E-state index in [9.17, 15) is 13.0 Å². The standard InChI is InChI=1S/C16H18ClN3O4S.K/c17-12-7-6-11-13(19-24-25(21,22)23)8-9-20-15(11)14(12)18-16(20)10-4-2-1-3-5-10;/h6-7,10H,1-5,8-9H2,(H,21,22,23);/q;+1/p-1/b19-13-;. The predicted molar refractivity (Wildman–Crippen MR) is 92.5 cm³/mol. The molecule has 0 radical (unpaired) electrons. The van der Waals surface area contributed by atoms with E-state index in [2.05, 4.69) is 14.0 Å². The molecular weight excluding hydrogens is 405 g/mol. The van der Waals surface area contributed by atoms with Crippen LogP contribution in [0.15, 0.2) is 17.3 Å². The monoisotopic (exact) mass is 421 g/mol. The Labute approximate surface area is 199 Å². The van der Waals surface area contributed by atoms with Gasteiger partial charge in [-0.2, -0.15) is 8.42 Å². The van der Waals surface area contributed by atoms with Crippen LogP contribution in [0.2, 0.25) is 5.02 Å². The fraction of sp³-hybridized carbons (Fsp3) is 0.500. The Morgan fingerprint density at radius 2 is 2.00 bits per heavy atom. The first-order valence-electron chi connectivity index (χ1n) is 8.34. The van der Waals surface area contributed by atoms with E-state index in [1.165, 1.54) is 19.3 Å². The summed E-state index contributed by atoms with van der Waals surface area (Å²) in [5, 5.41) is 4.11. The second kappa shape index (κ2) is 8.16. The Hall–Kier alpha value is -0.00364. The first kappa shape index (κ1) is 20.7. The molecule has 134 valence electrons. The molecule has 2 heterocycles. The minimum atomic E-state index is -4.88. The Morgan fingerprint density at radius 3 is 2.69 bits per heavy atom. The first-order chi connectivity index (χ1) is 11.9. The fourth-order valence-corrected chi connectivity index (χ4v) is 4.27. The largest absolute Gasteiger partial charge is 1.00 e. The summed E-state index contributed by atoms with van der Waals surface area (Å²) in [5.41, 5.74) is 2.66. The number of nitrogens with zero attached hydrogens (tertiary/aromatic N) is 3. The number of hydrogen-bond acceptors (Lipinski definition) is 6. The predicted octanol–water partition coefficient (Wildman–Crippen LogP) is 0.326. The fourth-order valence-electron chi connectivity index (χ4n) is 3.89. The van der Waals surface area contributed by atoms with Gasteiger partial charge in [0.05, 0.1) is 16.3 Å². The van der Waals surface area contributed by atoms with Crippen LogP contribution in [0.3, 0.4) is 0 Å². The zero-order chi connectivity index (χ0) is 17.6. The molecule has 0 spiro atoms. The van der Waals surface area contributed by atoms with Gasteiger partial charge in [0.25, 0.3) is 10.4 Å². The van der Waals surface area contributed by atoms with Gasteiger partial charge in [-0.15, -0.1) is 0 Å². The van der Waals surface area contributed by atoms with Crippen LogP contribution in [0.5, 0.6) is 0 Å². The van der Waals surface area contributed by atoms with Gasteiger partial charge in [0, 0.05) is 24.4 Å². The van der Waals surface area contributed by atoms with E-state index in [4.69, 9.17) is 16.6 Å². The minimum absolute atomic E-state index is 0. The van der Waals surface area contributed by atoms with E-state index in [1.54, 1.807) is 12.1 Å². The summed E-state index contributed by atoms with van der Waals surface area (Å²) < 4.78 is 38.4. The molecule has 1 aliphatic carbocycles. The summed E-state index contributed by atoms with van der Waals surface area (Å²) in [6.07, 6.45) is 6.38. The molecule has 7 nitrogen and oxygen atoms in total.